The van der Waals surface area contributed by atoms with Crippen molar-refractivity contribution < 1.29 is 14.6 Å². The van der Waals surface area contributed by atoms with E-state index in [-0.39, 0.29) is 11.7 Å². The molecule has 19 heavy (non-hydrogen) atoms. The molecule has 2 aromatic rings. The number of fused-ring (bicyclic) bond motifs is 1. The van der Waals surface area contributed by atoms with E-state index >= 15 is 0 Å². The largest absolute Gasteiger partial charge is 0.478 e. The van der Waals surface area contributed by atoms with Gasteiger partial charge in [0.05, 0.1) is 11.7 Å². The van der Waals surface area contributed by atoms with E-state index in [0.717, 1.165) is 19.4 Å². The highest BCUT2D eigenvalue weighted by Crippen LogP contribution is 2.16. The number of hydrogen-bond donors (Lipinski definition) is 1. The van der Waals surface area contributed by atoms with Gasteiger partial charge in [-0.05, 0) is 31.4 Å². The van der Waals surface area contributed by atoms with Crippen LogP contribution in [0.2, 0.25) is 0 Å². The predicted molar refractivity (Wildman–Crippen MR) is 67.2 cm³/mol. The van der Waals surface area contributed by atoms with Gasteiger partial charge < -0.3 is 9.84 Å². The van der Waals surface area contributed by atoms with Crippen LogP contribution in [0.4, 0.5) is 0 Å². The first-order valence-corrected chi connectivity index (χ1v) is 6.42. The third kappa shape index (κ3) is 2.58. The number of hydrogen-bond acceptors (Lipinski definition) is 4. The van der Waals surface area contributed by atoms with Crippen LogP contribution < -0.4 is 0 Å². The van der Waals surface area contributed by atoms with Crippen LogP contribution in [-0.4, -0.2) is 38.4 Å². The Kier molecular flexibility index (Phi) is 3.16. The van der Waals surface area contributed by atoms with Crippen LogP contribution in [-0.2, 0) is 11.2 Å². The lowest BCUT2D eigenvalue weighted by molar-refractivity contribution is 0.0157. The van der Waals surface area contributed by atoms with E-state index in [1.165, 1.54) is 23.2 Å². The van der Waals surface area contributed by atoms with Crippen molar-refractivity contribution in [3.8, 4) is 0 Å². The lowest BCUT2D eigenvalue weighted by Crippen LogP contribution is -2.21. The number of nitrogens with zero attached hydrogens (tertiary/aromatic N) is 3. The molecule has 3 rings (SSSR count). The molecule has 6 nitrogen and oxygen atoms in total. The topological polar surface area (TPSA) is 76.7 Å². The van der Waals surface area contributed by atoms with Crippen molar-refractivity contribution in [3.05, 3.63) is 29.7 Å². The van der Waals surface area contributed by atoms with Crippen LogP contribution in [0, 0.1) is 0 Å². The molecule has 0 amide bonds. The van der Waals surface area contributed by atoms with Gasteiger partial charge in [0.1, 0.15) is 0 Å². The summed E-state index contributed by atoms with van der Waals surface area (Å²) in [7, 11) is 0. The molecule has 6 heteroatoms. The summed E-state index contributed by atoms with van der Waals surface area (Å²) in [6, 6.07) is 3.20. The van der Waals surface area contributed by atoms with Crippen LogP contribution in [0.5, 0.6) is 0 Å². The Labute approximate surface area is 110 Å². The van der Waals surface area contributed by atoms with Gasteiger partial charge in [0.15, 0.2) is 11.5 Å². The minimum Gasteiger partial charge on any atom is -0.478 e. The summed E-state index contributed by atoms with van der Waals surface area (Å²) in [6.07, 6.45) is 5.69. The molecule has 3 heterocycles. The highest BCUT2D eigenvalue weighted by atomic mass is 16.5. The molecule has 0 saturated carbocycles. The third-order valence-corrected chi connectivity index (χ3v) is 3.31. The maximum absolute atomic E-state index is 10.9. The van der Waals surface area contributed by atoms with Crippen LogP contribution in [0.1, 0.15) is 35.4 Å². The number of pyridine rings is 1. The van der Waals surface area contributed by atoms with E-state index in [0.29, 0.717) is 17.9 Å². The number of aromatic carboxylic acids is 1. The van der Waals surface area contributed by atoms with Crippen LogP contribution in [0.15, 0.2) is 18.3 Å². The molecule has 0 radical (unpaired) electrons. The van der Waals surface area contributed by atoms with Crippen LogP contribution in [0.25, 0.3) is 5.65 Å². The zero-order valence-corrected chi connectivity index (χ0v) is 10.5. The van der Waals surface area contributed by atoms with E-state index in [1.807, 2.05) is 0 Å². The van der Waals surface area contributed by atoms with Crippen molar-refractivity contribution in [2.45, 2.75) is 31.8 Å². The number of rotatable bonds is 3. The predicted octanol–water partition coefficient (Wildman–Crippen LogP) is 1.54. The molecule has 100 valence electrons. The maximum atomic E-state index is 10.9. The van der Waals surface area contributed by atoms with Crippen LogP contribution in [0.3, 0.4) is 0 Å². The first kappa shape index (κ1) is 12.1. The maximum Gasteiger partial charge on any atom is 0.337 e. The van der Waals surface area contributed by atoms with Gasteiger partial charge in [0.2, 0.25) is 0 Å². The van der Waals surface area contributed by atoms with Gasteiger partial charge in [-0.25, -0.2) is 14.3 Å². The number of carboxylic acids is 1. The summed E-state index contributed by atoms with van der Waals surface area (Å²) in [5, 5.41) is 13.2. The van der Waals surface area contributed by atoms with Crippen molar-refractivity contribution in [3.63, 3.8) is 0 Å². The van der Waals surface area contributed by atoms with Crippen molar-refractivity contribution in [1.82, 2.24) is 14.6 Å². The van der Waals surface area contributed by atoms with E-state index in [4.69, 9.17) is 9.84 Å². The third-order valence-electron chi connectivity index (χ3n) is 3.31. The second-order valence-electron chi connectivity index (χ2n) is 4.75. The molecule has 1 N–H and O–H groups in total. The zero-order valence-electron chi connectivity index (χ0n) is 10.5. The van der Waals surface area contributed by atoms with Gasteiger partial charge in [0, 0.05) is 19.2 Å². The highest BCUT2D eigenvalue weighted by Gasteiger charge is 2.17. The molecule has 1 atom stereocenters. The number of carbonyl (C=O) groups is 1. The Hall–Kier alpha value is -1.95. The lowest BCUT2D eigenvalue weighted by atomic mass is 10.1. The summed E-state index contributed by atoms with van der Waals surface area (Å²) >= 11 is 0. The molecule has 1 saturated heterocycles. The molecule has 1 aliphatic heterocycles. The molecular weight excluding hydrogens is 246 g/mol. The van der Waals surface area contributed by atoms with Crippen molar-refractivity contribution in [2.75, 3.05) is 6.61 Å². The second kappa shape index (κ2) is 4.97. The SMILES string of the molecule is O=C(O)c1ccc2nc(CC3CCCCO3)nn2c1. The van der Waals surface area contributed by atoms with Gasteiger partial charge in [-0.1, -0.05) is 0 Å². The van der Waals surface area contributed by atoms with Crippen molar-refractivity contribution >= 4 is 11.6 Å². The Morgan fingerprint density at radius 1 is 1.47 bits per heavy atom. The van der Waals surface area contributed by atoms with E-state index < -0.39 is 5.97 Å². The molecule has 0 spiro atoms. The van der Waals surface area contributed by atoms with E-state index in [1.54, 1.807) is 6.07 Å². The van der Waals surface area contributed by atoms with Gasteiger partial charge in [0.25, 0.3) is 0 Å². The Balaban J connectivity index is 1.82. The zero-order chi connectivity index (χ0) is 13.2. The lowest BCUT2D eigenvalue weighted by Gasteiger charge is -2.20. The second-order valence-corrected chi connectivity index (χ2v) is 4.75. The Morgan fingerprint density at radius 3 is 3.11 bits per heavy atom. The molecular formula is C13H15N3O3. The van der Waals surface area contributed by atoms with E-state index in [9.17, 15) is 4.79 Å². The smallest absolute Gasteiger partial charge is 0.337 e. The highest BCUT2D eigenvalue weighted by molar-refractivity contribution is 5.87. The Bertz CT molecular complexity index is 602. The first-order valence-electron chi connectivity index (χ1n) is 6.42. The summed E-state index contributed by atoms with van der Waals surface area (Å²) in [4.78, 5) is 15.3. The Morgan fingerprint density at radius 2 is 2.37 bits per heavy atom. The molecule has 0 aromatic carbocycles. The number of aromatic nitrogens is 3. The molecule has 1 aliphatic rings. The van der Waals surface area contributed by atoms with Gasteiger partial charge >= 0.3 is 5.97 Å². The van der Waals surface area contributed by atoms with Crippen LogP contribution >= 0.6 is 0 Å². The summed E-state index contributed by atoms with van der Waals surface area (Å²) < 4.78 is 7.17. The number of ether oxygens (including phenoxy) is 1. The van der Waals surface area contributed by atoms with Gasteiger partial charge in [-0.3, -0.25) is 0 Å². The van der Waals surface area contributed by atoms with Crippen molar-refractivity contribution in [1.29, 1.82) is 0 Å². The standard InChI is InChI=1S/C13H15N3O3/c17-13(18)9-4-5-12-14-11(15-16(12)8-9)7-10-3-1-2-6-19-10/h4-5,8,10H,1-3,6-7H2,(H,17,18). The molecule has 1 unspecified atom stereocenters. The van der Waals surface area contributed by atoms with Crippen molar-refractivity contribution in [2.24, 2.45) is 0 Å². The molecule has 1 fully saturated rings. The fraction of sp³-hybridized carbons (Fsp3) is 0.462. The molecule has 0 aliphatic carbocycles. The monoisotopic (exact) mass is 261 g/mol. The van der Waals surface area contributed by atoms with E-state index in [2.05, 4.69) is 10.1 Å². The first-order chi connectivity index (χ1) is 9.22. The minimum atomic E-state index is -0.963. The normalized spacial score (nSPS) is 19.7. The molecule has 2 aromatic heterocycles. The summed E-state index contributed by atoms with van der Waals surface area (Å²) in [6.45, 7) is 0.807. The average molecular weight is 261 g/mol. The fourth-order valence-corrected chi connectivity index (χ4v) is 2.31. The summed E-state index contributed by atoms with van der Waals surface area (Å²) in [5.74, 6) is -0.260. The van der Waals surface area contributed by atoms with Gasteiger partial charge in [-0.2, -0.15) is 5.10 Å². The minimum absolute atomic E-state index is 0.185. The summed E-state index contributed by atoms with van der Waals surface area (Å²) in [5.41, 5.74) is 0.869. The van der Waals surface area contributed by atoms with Gasteiger partial charge in [-0.15, -0.1) is 0 Å². The quantitative estimate of drug-likeness (QED) is 0.906. The molecule has 0 bridgehead atoms. The average Bonchev–Trinajstić information content (AvgIpc) is 2.80. The number of carboxylic acid groups (broad SMARTS) is 1. The fourth-order valence-electron chi connectivity index (χ4n) is 2.31.